The molecule has 2 aromatic carbocycles. The van der Waals surface area contributed by atoms with Gasteiger partial charge in [0.1, 0.15) is 16.5 Å². The number of ether oxygens (including phenoxy) is 3. The van der Waals surface area contributed by atoms with Gasteiger partial charge < -0.3 is 14.2 Å². The predicted octanol–water partition coefficient (Wildman–Crippen LogP) is 6.22. The molecule has 0 aliphatic heterocycles. The fourth-order valence-electron chi connectivity index (χ4n) is 4.42. The van der Waals surface area contributed by atoms with E-state index in [4.69, 9.17) is 14.2 Å². The molecule has 10 heteroatoms. The van der Waals surface area contributed by atoms with Crippen LogP contribution in [0.2, 0.25) is 0 Å². The molecule has 2 atom stereocenters. The van der Waals surface area contributed by atoms with Gasteiger partial charge in [0.2, 0.25) is 5.82 Å². The zero-order chi connectivity index (χ0) is 25.9. The lowest BCUT2D eigenvalue weighted by Crippen LogP contribution is -2.19. The van der Waals surface area contributed by atoms with Gasteiger partial charge in [0.25, 0.3) is 0 Å². The Balaban J connectivity index is 1.26. The normalized spacial score (nSPS) is 15.9. The van der Waals surface area contributed by atoms with Crippen LogP contribution in [0.4, 0.5) is 13.2 Å². The standard InChI is InChI=1S/C26H27F3N2O4S/c1-15-13-18(23-30-25(31-36-23)26(27,28)29)6-10-22(15)35-12-4-11-34-19-7-9-21-17(14-19)5-8-20(21)16(2)24(32)33-3/h6-7,9-10,13-14,16,20H,4-5,8,11-12H2,1-3H3/t16-,20-/m0/s1. The van der Waals surface area contributed by atoms with Gasteiger partial charge in [0, 0.05) is 12.0 Å². The van der Waals surface area contributed by atoms with Crippen molar-refractivity contribution in [1.29, 1.82) is 0 Å². The molecule has 0 amide bonds. The molecule has 3 aromatic rings. The van der Waals surface area contributed by atoms with Crippen molar-refractivity contribution in [3.8, 4) is 22.1 Å². The molecule has 0 N–H and O–H groups in total. The molecule has 6 nitrogen and oxygen atoms in total. The van der Waals surface area contributed by atoms with Crippen LogP contribution in [0.15, 0.2) is 36.4 Å². The van der Waals surface area contributed by atoms with Gasteiger partial charge in [-0.3, -0.25) is 4.79 Å². The van der Waals surface area contributed by atoms with Crippen molar-refractivity contribution in [3.63, 3.8) is 0 Å². The number of alkyl halides is 3. The van der Waals surface area contributed by atoms with Crippen molar-refractivity contribution < 1.29 is 32.2 Å². The molecular weight excluding hydrogens is 493 g/mol. The van der Waals surface area contributed by atoms with Crippen molar-refractivity contribution in [2.75, 3.05) is 20.3 Å². The molecule has 0 bridgehead atoms. The lowest BCUT2D eigenvalue weighted by atomic mass is 9.89. The number of benzene rings is 2. The van der Waals surface area contributed by atoms with Gasteiger partial charge in [-0.2, -0.15) is 17.5 Å². The van der Waals surface area contributed by atoms with E-state index in [1.54, 1.807) is 18.2 Å². The van der Waals surface area contributed by atoms with E-state index in [9.17, 15) is 18.0 Å². The maximum Gasteiger partial charge on any atom is 0.452 e. The number of hydrogen-bond acceptors (Lipinski definition) is 7. The zero-order valence-corrected chi connectivity index (χ0v) is 21.0. The van der Waals surface area contributed by atoms with E-state index in [0.29, 0.717) is 30.9 Å². The summed E-state index contributed by atoms with van der Waals surface area (Å²) < 4.78 is 58.3. The molecular formula is C26H27F3N2O4S. The minimum Gasteiger partial charge on any atom is -0.493 e. The number of hydrogen-bond donors (Lipinski definition) is 0. The maximum absolute atomic E-state index is 12.7. The molecule has 0 spiro atoms. The van der Waals surface area contributed by atoms with E-state index < -0.39 is 12.0 Å². The highest BCUT2D eigenvalue weighted by Crippen LogP contribution is 2.40. The Morgan fingerprint density at radius 3 is 2.64 bits per heavy atom. The van der Waals surface area contributed by atoms with Gasteiger partial charge in [-0.25, -0.2) is 4.98 Å². The molecule has 0 saturated heterocycles. The number of methoxy groups -OCH3 is 1. The number of aryl methyl sites for hydroxylation is 2. The number of nitrogens with zero attached hydrogens (tertiary/aromatic N) is 2. The zero-order valence-electron chi connectivity index (χ0n) is 20.2. The summed E-state index contributed by atoms with van der Waals surface area (Å²) >= 11 is 0.718. The third kappa shape index (κ3) is 5.80. The van der Waals surface area contributed by atoms with Crippen LogP contribution in [0.25, 0.3) is 10.6 Å². The first-order chi connectivity index (χ1) is 17.2. The van der Waals surface area contributed by atoms with Gasteiger partial charge in [-0.1, -0.05) is 13.0 Å². The molecule has 0 radical (unpaired) electrons. The maximum atomic E-state index is 12.7. The second-order valence-corrected chi connectivity index (χ2v) is 9.52. The van der Waals surface area contributed by atoms with Crippen molar-refractivity contribution >= 4 is 17.5 Å². The van der Waals surface area contributed by atoms with Crippen LogP contribution in [0, 0.1) is 12.8 Å². The van der Waals surface area contributed by atoms with Gasteiger partial charge in [-0.15, -0.1) is 0 Å². The number of carbonyl (C=O) groups excluding carboxylic acids is 1. The molecule has 1 heterocycles. The predicted molar refractivity (Wildman–Crippen MR) is 129 cm³/mol. The van der Waals surface area contributed by atoms with Crippen LogP contribution in [0.5, 0.6) is 11.5 Å². The largest absolute Gasteiger partial charge is 0.493 e. The summed E-state index contributed by atoms with van der Waals surface area (Å²) in [6.45, 7) is 4.65. The van der Waals surface area contributed by atoms with Gasteiger partial charge >= 0.3 is 12.1 Å². The van der Waals surface area contributed by atoms with Gasteiger partial charge in [0.05, 0.1) is 26.2 Å². The molecule has 1 aliphatic carbocycles. The molecule has 4 rings (SSSR count). The first-order valence-corrected chi connectivity index (χ1v) is 12.4. The van der Waals surface area contributed by atoms with E-state index in [0.717, 1.165) is 35.7 Å². The Morgan fingerprint density at radius 1 is 1.17 bits per heavy atom. The first kappa shape index (κ1) is 25.9. The number of carbonyl (C=O) groups is 1. The van der Waals surface area contributed by atoms with E-state index in [1.165, 1.54) is 18.2 Å². The molecule has 0 unspecified atom stereocenters. The molecule has 1 aliphatic rings. The lowest BCUT2D eigenvalue weighted by molar-refractivity contribution is -0.145. The highest BCUT2D eigenvalue weighted by atomic mass is 32.1. The fraction of sp³-hybridized carbons (Fsp3) is 0.423. The van der Waals surface area contributed by atoms with E-state index >= 15 is 0 Å². The molecule has 1 aromatic heterocycles. The van der Waals surface area contributed by atoms with Gasteiger partial charge in [-0.05, 0) is 84.2 Å². The quantitative estimate of drug-likeness (QED) is 0.247. The SMILES string of the molecule is COC(=O)[C@@H](C)[C@@H]1CCc2cc(OCCCOc3ccc(-c4nc(C(F)(F)F)ns4)cc3C)ccc21. The summed E-state index contributed by atoms with van der Waals surface area (Å²) in [7, 11) is 1.42. The van der Waals surface area contributed by atoms with E-state index in [2.05, 4.69) is 9.36 Å². The average molecular weight is 521 g/mol. The Bertz CT molecular complexity index is 1230. The van der Waals surface area contributed by atoms with E-state index in [-0.39, 0.29) is 22.8 Å². The number of aromatic nitrogens is 2. The highest BCUT2D eigenvalue weighted by Gasteiger charge is 2.36. The molecule has 0 fully saturated rings. The average Bonchev–Trinajstić information content (AvgIpc) is 3.51. The summed E-state index contributed by atoms with van der Waals surface area (Å²) in [5.41, 5.74) is 3.76. The monoisotopic (exact) mass is 520 g/mol. The Kier molecular flexibility index (Phi) is 7.82. The number of esters is 1. The number of fused-ring (bicyclic) bond motifs is 1. The summed E-state index contributed by atoms with van der Waals surface area (Å²) in [6, 6.07) is 11.2. The number of rotatable bonds is 9. The Labute approximate surface area is 211 Å². The van der Waals surface area contributed by atoms with Crippen molar-refractivity contribution in [3.05, 3.63) is 58.9 Å². The smallest absolute Gasteiger partial charge is 0.452 e. The lowest BCUT2D eigenvalue weighted by Gasteiger charge is -2.18. The second kappa shape index (κ2) is 10.9. The topological polar surface area (TPSA) is 70.5 Å². The van der Waals surface area contributed by atoms with Crippen molar-refractivity contribution in [2.24, 2.45) is 5.92 Å². The van der Waals surface area contributed by atoms with Gasteiger partial charge in [0.15, 0.2) is 0 Å². The molecule has 0 saturated carbocycles. The second-order valence-electron chi connectivity index (χ2n) is 8.77. The van der Waals surface area contributed by atoms with Crippen molar-refractivity contribution in [1.82, 2.24) is 9.36 Å². The summed E-state index contributed by atoms with van der Waals surface area (Å²) in [5, 5.41) is 0.214. The van der Waals surface area contributed by atoms with Crippen LogP contribution in [-0.4, -0.2) is 35.7 Å². The Morgan fingerprint density at radius 2 is 1.94 bits per heavy atom. The summed E-state index contributed by atoms with van der Waals surface area (Å²) in [4.78, 5) is 15.5. The van der Waals surface area contributed by atoms with Crippen molar-refractivity contribution in [2.45, 2.75) is 45.2 Å². The Hall–Kier alpha value is -3.14. The van der Waals surface area contributed by atoms with Crippen LogP contribution < -0.4 is 9.47 Å². The minimum atomic E-state index is -4.56. The van der Waals surface area contributed by atoms with Crippen LogP contribution in [-0.2, 0) is 22.1 Å². The third-order valence-electron chi connectivity index (χ3n) is 6.33. The first-order valence-electron chi connectivity index (χ1n) is 11.7. The minimum absolute atomic E-state index is 0.170. The molecule has 192 valence electrons. The highest BCUT2D eigenvalue weighted by molar-refractivity contribution is 7.09. The van der Waals surface area contributed by atoms with E-state index in [1.807, 2.05) is 32.0 Å². The van der Waals surface area contributed by atoms with Crippen LogP contribution in [0.3, 0.4) is 0 Å². The third-order valence-corrected chi connectivity index (χ3v) is 7.10. The van der Waals surface area contributed by atoms with Crippen LogP contribution >= 0.6 is 11.5 Å². The number of halogens is 3. The fourth-order valence-corrected chi connectivity index (χ4v) is 5.09. The van der Waals surface area contributed by atoms with Crippen LogP contribution in [0.1, 0.15) is 48.2 Å². The summed E-state index contributed by atoms with van der Waals surface area (Å²) in [5.74, 6) is 0.128. The molecule has 36 heavy (non-hydrogen) atoms. The summed E-state index contributed by atoms with van der Waals surface area (Å²) in [6.07, 6.45) is -2.07.